The van der Waals surface area contributed by atoms with Crippen molar-refractivity contribution in [2.45, 2.75) is 30.7 Å². The van der Waals surface area contributed by atoms with Crippen molar-refractivity contribution in [3.8, 4) is 5.75 Å². The van der Waals surface area contributed by atoms with E-state index in [-0.39, 0.29) is 23.9 Å². The van der Waals surface area contributed by atoms with Gasteiger partial charge in [-0.2, -0.15) is 4.72 Å². The molecule has 2 rings (SSSR count). The Labute approximate surface area is 185 Å². The molecule has 0 bridgehead atoms. The lowest BCUT2D eigenvalue weighted by Crippen LogP contribution is -2.42. The monoisotopic (exact) mass is 468 g/mol. The molecule has 1 atom stereocenters. The number of halogens is 1. The van der Waals surface area contributed by atoms with E-state index in [9.17, 15) is 22.7 Å². The zero-order valence-corrected chi connectivity index (χ0v) is 18.1. The first-order chi connectivity index (χ1) is 15.1. The molecule has 6 N–H and O–H groups in total. The fourth-order valence-electron chi connectivity index (χ4n) is 2.68. The Bertz CT molecular complexity index is 1060. The SMILES string of the molecule is Cc1ccc(F)cc1S(=O)(=O)NC(Cc1ccc(OCCCON=C(N)N)cc1)C(=O)O. The van der Waals surface area contributed by atoms with E-state index in [1.165, 1.54) is 13.0 Å². The van der Waals surface area contributed by atoms with Crippen LogP contribution in [0, 0.1) is 12.7 Å². The van der Waals surface area contributed by atoms with Crippen LogP contribution in [0.2, 0.25) is 0 Å². The Balaban J connectivity index is 1.97. The van der Waals surface area contributed by atoms with Crippen LogP contribution in [0.1, 0.15) is 17.5 Å². The molecule has 0 radical (unpaired) electrons. The number of carboxylic acid groups (broad SMARTS) is 1. The molecule has 174 valence electrons. The van der Waals surface area contributed by atoms with Crippen LogP contribution in [0.25, 0.3) is 0 Å². The van der Waals surface area contributed by atoms with Gasteiger partial charge in [-0.05, 0) is 53.9 Å². The molecule has 0 fully saturated rings. The maximum Gasteiger partial charge on any atom is 0.322 e. The molecule has 10 nitrogen and oxygen atoms in total. The Hall–Kier alpha value is -3.38. The molecule has 0 saturated heterocycles. The predicted octanol–water partition coefficient (Wildman–Crippen LogP) is 1.08. The molecule has 1 unspecified atom stereocenters. The highest BCUT2D eigenvalue weighted by molar-refractivity contribution is 7.89. The Morgan fingerprint density at radius 3 is 2.50 bits per heavy atom. The highest BCUT2D eigenvalue weighted by Gasteiger charge is 2.27. The van der Waals surface area contributed by atoms with Gasteiger partial charge in [-0.15, -0.1) is 0 Å². The summed E-state index contributed by atoms with van der Waals surface area (Å²) in [5.74, 6) is -1.72. The number of guanidine groups is 1. The highest BCUT2D eigenvalue weighted by Crippen LogP contribution is 2.18. The first-order valence-corrected chi connectivity index (χ1v) is 11.0. The van der Waals surface area contributed by atoms with Crippen LogP contribution in [-0.4, -0.2) is 44.7 Å². The number of nitrogens with two attached hydrogens (primary N) is 2. The Morgan fingerprint density at radius 2 is 1.88 bits per heavy atom. The molecule has 0 aliphatic heterocycles. The minimum absolute atomic E-state index is 0.116. The van der Waals surface area contributed by atoms with Crippen LogP contribution in [0.15, 0.2) is 52.5 Å². The van der Waals surface area contributed by atoms with Crippen molar-refractivity contribution < 1.29 is 32.3 Å². The van der Waals surface area contributed by atoms with Gasteiger partial charge >= 0.3 is 5.97 Å². The van der Waals surface area contributed by atoms with Crippen molar-refractivity contribution in [1.29, 1.82) is 0 Å². The fraction of sp³-hybridized carbons (Fsp3) is 0.300. The number of benzene rings is 2. The number of aliphatic carboxylic acids is 1. The van der Waals surface area contributed by atoms with Gasteiger partial charge in [0.15, 0.2) is 0 Å². The number of carboxylic acids is 1. The van der Waals surface area contributed by atoms with Gasteiger partial charge in [-0.3, -0.25) is 4.79 Å². The topological polar surface area (TPSA) is 166 Å². The largest absolute Gasteiger partial charge is 0.493 e. The third-order valence-electron chi connectivity index (χ3n) is 4.22. The van der Waals surface area contributed by atoms with Gasteiger partial charge in [-0.1, -0.05) is 18.2 Å². The normalized spacial score (nSPS) is 12.1. The smallest absolute Gasteiger partial charge is 0.322 e. The first kappa shape index (κ1) is 24.9. The molecule has 0 aliphatic carbocycles. The van der Waals surface area contributed by atoms with Crippen LogP contribution in [0.5, 0.6) is 5.75 Å². The minimum Gasteiger partial charge on any atom is -0.493 e. The molecule has 0 aliphatic rings. The number of aryl methyl sites for hydroxylation is 1. The number of hydrogen-bond acceptors (Lipinski definition) is 6. The molecule has 2 aromatic rings. The van der Waals surface area contributed by atoms with Gasteiger partial charge in [0.25, 0.3) is 0 Å². The third-order valence-corrected chi connectivity index (χ3v) is 5.83. The average Bonchev–Trinajstić information content (AvgIpc) is 2.72. The molecule has 0 heterocycles. The molecule has 0 saturated carbocycles. The van der Waals surface area contributed by atoms with Gasteiger partial charge in [0, 0.05) is 6.42 Å². The van der Waals surface area contributed by atoms with Gasteiger partial charge in [0.2, 0.25) is 16.0 Å². The number of nitrogens with one attached hydrogen (secondary N) is 1. The van der Waals surface area contributed by atoms with E-state index >= 15 is 0 Å². The van der Waals surface area contributed by atoms with Crippen molar-refractivity contribution >= 4 is 22.0 Å². The van der Waals surface area contributed by atoms with Crippen LogP contribution in [-0.2, 0) is 26.1 Å². The van der Waals surface area contributed by atoms with E-state index in [2.05, 4.69) is 9.88 Å². The highest BCUT2D eigenvalue weighted by atomic mass is 32.2. The van der Waals surface area contributed by atoms with Crippen LogP contribution in [0.3, 0.4) is 0 Å². The van der Waals surface area contributed by atoms with Gasteiger partial charge in [-0.25, -0.2) is 12.8 Å². The average molecular weight is 469 g/mol. The summed E-state index contributed by atoms with van der Waals surface area (Å²) in [7, 11) is -4.24. The van der Waals surface area contributed by atoms with Gasteiger partial charge in [0.05, 0.1) is 11.5 Å². The predicted molar refractivity (Wildman–Crippen MR) is 115 cm³/mol. The van der Waals surface area contributed by atoms with Crippen molar-refractivity contribution in [2.24, 2.45) is 16.6 Å². The van der Waals surface area contributed by atoms with Crippen LogP contribution >= 0.6 is 0 Å². The molecule has 0 amide bonds. The van der Waals surface area contributed by atoms with E-state index < -0.39 is 27.9 Å². The number of sulfonamides is 1. The number of hydrogen-bond donors (Lipinski definition) is 4. The van der Waals surface area contributed by atoms with Crippen molar-refractivity contribution in [2.75, 3.05) is 13.2 Å². The summed E-state index contributed by atoms with van der Waals surface area (Å²) in [6, 6.07) is 8.38. The maximum atomic E-state index is 13.5. The molecule has 0 spiro atoms. The second kappa shape index (κ2) is 11.3. The zero-order valence-electron chi connectivity index (χ0n) is 17.3. The quantitative estimate of drug-likeness (QED) is 0.155. The fourth-order valence-corrected chi connectivity index (χ4v) is 4.13. The summed E-state index contributed by atoms with van der Waals surface area (Å²) in [6.45, 7) is 2.10. The van der Waals surface area contributed by atoms with Gasteiger partial charge < -0.3 is 26.1 Å². The summed E-state index contributed by atoms with van der Waals surface area (Å²) in [5, 5.41) is 12.9. The molecule has 12 heteroatoms. The molecule has 32 heavy (non-hydrogen) atoms. The van der Waals surface area contributed by atoms with Crippen molar-refractivity contribution in [1.82, 2.24) is 4.72 Å². The standard InChI is InChI=1S/C20H25FN4O6S/c1-13-3-6-15(21)12-18(13)32(28,29)25-17(19(26)27)11-14-4-7-16(8-5-14)30-9-2-10-31-24-20(22)23/h3-8,12,17,25H,2,9-11H2,1H3,(H,26,27)(H4,22,23,24). The number of nitrogens with zero attached hydrogens (tertiary/aromatic N) is 1. The summed E-state index contributed by atoms with van der Waals surface area (Å²) >= 11 is 0. The molecule has 2 aromatic carbocycles. The van der Waals surface area contributed by atoms with Gasteiger partial charge in [0.1, 0.15) is 24.2 Å². The van der Waals surface area contributed by atoms with Crippen LogP contribution in [0.4, 0.5) is 4.39 Å². The maximum absolute atomic E-state index is 13.5. The lowest BCUT2D eigenvalue weighted by Gasteiger charge is -2.16. The third kappa shape index (κ3) is 7.71. The zero-order chi connectivity index (χ0) is 23.7. The van der Waals surface area contributed by atoms with E-state index in [0.29, 0.717) is 29.9 Å². The Kier molecular flexibility index (Phi) is 8.79. The summed E-state index contributed by atoms with van der Waals surface area (Å²) in [5.41, 5.74) is 11.1. The van der Waals surface area contributed by atoms with E-state index in [1.807, 2.05) is 0 Å². The number of oxime groups is 1. The summed E-state index contributed by atoms with van der Waals surface area (Å²) in [6.07, 6.45) is 0.413. The molecular weight excluding hydrogens is 443 g/mol. The number of carbonyl (C=O) groups is 1. The first-order valence-electron chi connectivity index (χ1n) is 9.52. The van der Waals surface area contributed by atoms with Crippen molar-refractivity contribution in [3.63, 3.8) is 0 Å². The van der Waals surface area contributed by atoms with E-state index in [0.717, 1.165) is 12.1 Å². The lowest BCUT2D eigenvalue weighted by atomic mass is 10.1. The minimum atomic E-state index is -4.24. The summed E-state index contributed by atoms with van der Waals surface area (Å²) < 4.78 is 46.4. The lowest BCUT2D eigenvalue weighted by molar-refractivity contribution is -0.138. The summed E-state index contributed by atoms with van der Waals surface area (Å²) in [4.78, 5) is 16.2. The second-order valence-electron chi connectivity index (χ2n) is 6.82. The van der Waals surface area contributed by atoms with Crippen molar-refractivity contribution in [3.05, 3.63) is 59.4 Å². The van der Waals surface area contributed by atoms with Crippen LogP contribution < -0.4 is 20.9 Å². The second-order valence-corrected chi connectivity index (χ2v) is 8.50. The Morgan fingerprint density at radius 1 is 1.19 bits per heavy atom. The molecule has 0 aromatic heterocycles. The van der Waals surface area contributed by atoms with E-state index in [4.69, 9.17) is 21.0 Å². The molecular formula is C20H25FN4O6S. The number of rotatable bonds is 12. The van der Waals surface area contributed by atoms with E-state index in [1.54, 1.807) is 24.3 Å². The number of ether oxygens (including phenoxy) is 1.